The van der Waals surface area contributed by atoms with Crippen LogP contribution in [0.15, 0.2) is 18.2 Å². The molecule has 29 heavy (non-hydrogen) atoms. The van der Waals surface area contributed by atoms with Crippen molar-refractivity contribution in [3.8, 4) is 5.69 Å². The molecular formula is C22H25FN4O2. The van der Waals surface area contributed by atoms with Gasteiger partial charge in [-0.05, 0) is 63.8 Å². The summed E-state index contributed by atoms with van der Waals surface area (Å²) in [7, 11) is 0. The number of nitrogens with zero attached hydrogens (tertiary/aromatic N) is 4. The fourth-order valence-electron chi connectivity index (χ4n) is 4.15. The summed E-state index contributed by atoms with van der Waals surface area (Å²) in [5.41, 5.74) is 4.14. The summed E-state index contributed by atoms with van der Waals surface area (Å²) in [4.78, 5) is 22.9. The molecule has 3 heterocycles. The number of aliphatic carboxylic acids is 1. The highest BCUT2D eigenvalue weighted by Crippen LogP contribution is 2.35. The quantitative estimate of drug-likeness (QED) is 0.722. The number of rotatable bonds is 3. The summed E-state index contributed by atoms with van der Waals surface area (Å²) in [5, 5.41) is 10.2. The molecule has 1 aliphatic heterocycles. The SMILES string of the molecule is Cc1nc(N2CCC(C(=O)O)CC2)c2c(C)c(C)n(-c3ccc(C)c(F)c3)c2n1. The molecule has 152 valence electrons. The lowest BCUT2D eigenvalue weighted by molar-refractivity contribution is -0.142. The lowest BCUT2D eigenvalue weighted by Crippen LogP contribution is -2.37. The number of benzene rings is 1. The highest BCUT2D eigenvalue weighted by Gasteiger charge is 2.28. The van der Waals surface area contributed by atoms with E-state index in [1.807, 2.05) is 31.4 Å². The molecule has 1 aliphatic rings. The van der Waals surface area contributed by atoms with Crippen molar-refractivity contribution in [2.75, 3.05) is 18.0 Å². The Hall–Kier alpha value is -2.96. The van der Waals surface area contributed by atoms with Crippen LogP contribution in [0.1, 0.15) is 35.5 Å². The van der Waals surface area contributed by atoms with Crippen LogP contribution in [-0.2, 0) is 4.79 Å². The van der Waals surface area contributed by atoms with Gasteiger partial charge >= 0.3 is 5.97 Å². The van der Waals surface area contributed by atoms with Gasteiger partial charge in [-0.15, -0.1) is 0 Å². The maximum Gasteiger partial charge on any atom is 0.306 e. The Kier molecular flexibility index (Phi) is 4.76. The zero-order valence-corrected chi connectivity index (χ0v) is 17.2. The predicted octanol–water partition coefficient (Wildman–Crippen LogP) is 4.09. The molecule has 0 amide bonds. The maximum atomic E-state index is 14.3. The molecule has 4 rings (SSSR count). The lowest BCUT2D eigenvalue weighted by Gasteiger charge is -2.31. The predicted molar refractivity (Wildman–Crippen MR) is 110 cm³/mol. The van der Waals surface area contributed by atoms with Gasteiger partial charge in [-0.1, -0.05) is 6.07 Å². The number of anilines is 1. The third-order valence-electron chi connectivity index (χ3n) is 6.00. The third kappa shape index (κ3) is 3.24. The van der Waals surface area contributed by atoms with E-state index in [4.69, 9.17) is 9.97 Å². The zero-order chi connectivity index (χ0) is 20.9. The summed E-state index contributed by atoms with van der Waals surface area (Å²) in [5.74, 6) is 0.200. The average molecular weight is 396 g/mol. The molecule has 0 unspecified atom stereocenters. The number of aromatic nitrogens is 3. The molecule has 3 aromatic rings. The van der Waals surface area contributed by atoms with E-state index in [-0.39, 0.29) is 11.7 Å². The van der Waals surface area contributed by atoms with Crippen LogP contribution in [0.4, 0.5) is 10.2 Å². The van der Waals surface area contributed by atoms with Gasteiger partial charge < -0.3 is 10.0 Å². The number of hydrogen-bond acceptors (Lipinski definition) is 4. The van der Waals surface area contributed by atoms with Crippen LogP contribution in [0.2, 0.25) is 0 Å². The van der Waals surface area contributed by atoms with Crippen molar-refractivity contribution in [2.45, 2.75) is 40.5 Å². The number of carboxylic acids is 1. The van der Waals surface area contributed by atoms with Gasteiger partial charge in [0.25, 0.3) is 0 Å². The molecule has 7 heteroatoms. The molecule has 0 saturated carbocycles. The van der Waals surface area contributed by atoms with Crippen LogP contribution in [0.25, 0.3) is 16.7 Å². The van der Waals surface area contributed by atoms with E-state index in [0.29, 0.717) is 37.3 Å². The van der Waals surface area contributed by atoms with Crippen molar-refractivity contribution in [3.05, 3.63) is 46.7 Å². The minimum Gasteiger partial charge on any atom is -0.481 e. The number of aryl methyl sites for hydroxylation is 3. The normalized spacial score (nSPS) is 15.3. The molecule has 0 atom stereocenters. The highest BCUT2D eigenvalue weighted by atomic mass is 19.1. The second-order valence-corrected chi connectivity index (χ2v) is 7.87. The molecule has 0 aliphatic carbocycles. The third-order valence-corrected chi connectivity index (χ3v) is 6.00. The van der Waals surface area contributed by atoms with E-state index >= 15 is 0 Å². The Morgan fingerprint density at radius 2 is 1.83 bits per heavy atom. The fourth-order valence-corrected chi connectivity index (χ4v) is 4.15. The minimum atomic E-state index is -0.728. The van der Waals surface area contributed by atoms with E-state index in [2.05, 4.69) is 4.90 Å². The molecule has 0 bridgehead atoms. The Morgan fingerprint density at radius 3 is 2.45 bits per heavy atom. The zero-order valence-electron chi connectivity index (χ0n) is 17.2. The summed E-state index contributed by atoms with van der Waals surface area (Å²) >= 11 is 0. The van der Waals surface area contributed by atoms with Crippen LogP contribution in [0.5, 0.6) is 0 Å². The molecule has 1 aromatic carbocycles. The van der Waals surface area contributed by atoms with Gasteiger partial charge in [0.15, 0.2) is 5.65 Å². The Morgan fingerprint density at radius 1 is 1.14 bits per heavy atom. The first-order valence-electron chi connectivity index (χ1n) is 9.88. The molecule has 1 N–H and O–H groups in total. The van der Waals surface area contributed by atoms with Crippen LogP contribution in [0, 0.1) is 39.4 Å². The van der Waals surface area contributed by atoms with Crippen molar-refractivity contribution in [1.82, 2.24) is 14.5 Å². The number of halogens is 1. The topological polar surface area (TPSA) is 71.2 Å². The Balaban J connectivity index is 1.86. The van der Waals surface area contributed by atoms with E-state index in [1.54, 1.807) is 13.0 Å². The van der Waals surface area contributed by atoms with Gasteiger partial charge in [0.2, 0.25) is 0 Å². The first kappa shape index (κ1) is 19.4. The highest BCUT2D eigenvalue weighted by molar-refractivity contribution is 5.94. The Bertz CT molecular complexity index is 1110. The van der Waals surface area contributed by atoms with Gasteiger partial charge in [-0.25, -0.2) is 14.4 Å². The van der Waals surface area contributed by atoms with E-state index in [9.17, 15) is 14.3 Å². The summed E-state index contributed by atoms with van der Waals surface area (Å²) in [6.45, 7) is 8.92. The van der Waals surface area contributed by atoms with Crippen LogP contribution in [-0.4, -0.2) is 38.7 Å². The standard InChI is InChI=1S/C22H25FN4O2/c1-12-5-6-17(11-18(12)23)27-14(3)13(2)19-20(24-15(4)25-21(19)27)26-9-7-16(8-10-26)22(28)29/h5-6,11,16H,7-10H2,1-4H3,(H,28,29). The lowest BCUT2D eigenvalue weighted by atomic mass is 9.97. The number of hydrogen-bond donors (Lipinski definition) is 1. The minimum absolute atomic E-state index is 0.247. The van der Waals surface area contributed by atoms with E-state index in [1.165, 1.54) is 6.07 Å². The number of piperidine rings is 1. The Labute approximate surface area is 169 Å². The molecule has 6 nitrogen and oxygen atoms in total. The molecule has 0 spiro atoms. The van der Waals surface area contributed by atoms with E-state index < -0.39 is 5.97 Å². The van der Waals surface area contributed by atoms with Crippen molar-refractivity contribution in [1.29, 1.82) is 0 Å². The first-order valence-corrected chi connectivity index (χ1v) is 9.88. The van der Waals surface area contributed by atoms with Crippen molar-refractivity contribution in [3.63, 3.8) is 0 Å². The second-order valence-electron chi connectivity index (χ2n) is 7.87. The van der Waals surface area contributed by atoms with Gasteiger partial charge in [-0.2, -0.15) is 0 Å². The molecular weight excluding hydrogens is 371 g/mol. The van der Waals surface area contributed by atoms with Crippen LogP contribution >= 0.6 is 0 Å². The number of carboxylic acid groups (broad SMARTS) is 1. The molecule has 1 saturated heterocycles. The van der Waals surface area contributed by atoms with Gasteiger partial charge in [0.05, 0.1) is 17.0 Å². The average Bonchev–Trinajstić information content (AvgIpc) is 2.94. The van der Waals surface area contributed by atoms with Crippen LogP contribution < -0.4 is 4.90 Å². The maximum absolute atomic E-state index is 14.3. The van der Waals surface area contributed by atoms with Gasteiger partial charge in [0.1, 0.15) is 17.5 Å². The van der Waals surface area contributed by atoms with Crippen molar-refractivity contribution < 1.29 is 14.3 Å². The molecule has 1 fully saturated rings. The summed E-state index contributed by atoms with van der Waals surface area (Å²) in [6.07, 6.45) is 1.20. The largest absolute Gasteiger partial charge is 0.481 e. The summed E-state index contributed by atoms with van der Waals surface area (Å²) < 4.78 is 16.2. The monoisotopic (exact) mass is 396 g/mol. The molecule has 0 radical (unpaired) electrons. The molecule has 2 aromatic heterocycles. The number of fused-ring (bicyclic) bond motifs is 1. The van der Waals surface area contributed by atoms with Crippen molar-refractivity contribution in [2.24, 2.45) is 5.92 Å². The van der Waals surface area contributed by atoms with Gasteiger partial charge in [-0.3, -0.25) is 9.36 Å². The van der Waals surface area contributed by atoms with Crippen LogP contribution in [0.3, 0.4) is 0 Å². The first-order chi connectivity index (χ1) is 13.8. The second kappa shape index (κ2) is 7.13. The number of carbonyl (C=O) groups is 1. The smallest absolute Gasteiger partial charge is 0.306 e. The van der Waals surface area contributed by atoms with Crippen molar-refractivity contribution >= 4 is 22.8 Å². The van der Waals surface area contributed by atoms with E-state index in [0.717, 1.165) is 33.8 Å². The van der Waals surface area contributed by atoms with Gasteiger partial charge in [0, 0.05) is 18.8 Å². The summed E-state index contributed by atoms with van der Waals surface area (Å²) in [6, 6.07) is 5.22. The fraction of sp³-hybridized carbons (Fsp3) is 0.409.